The highest BCUT2D eigenvalue weighted by atomic mass is 19.4. The van der Waals surface area contributed by atoms with Gasteiger partial charge in [-0.15, -0.1) is 0 Å². The van der Waals surface area contributed by atoms with Gasteiger partial charge >= 0.3 is 6.18 Å². The van der Waals surface area contributed by atoms with Crippen molar-refractivity contribution in [1.82, 2.24) is 5.32 Å². The molecule has 1 aromatic rings. The molecule has 0 amide bonds. The molecule has 0 aromatic heterocycles. The molecule has 1 aliphatic heterocycles. The number of halogens is 3. The Bertz CT molecular complexity index is 418. The summed E-state index contributed by atoms with van der Waals surface area (Å²) in [6.07, 6.45) is -3.46. The van der Waals surface area contributed by atoms with Crippen LogP contribution in [0.4, 0.5) is 18.9 Å². The fourth-order valence-electron chi connectivity index (χ4n) is 2.33. The fourth-order valence-corrected chi connectivity index (χ4v) is 2.33. The molecule has 1 fully saturated rings. The molecule has 0 radical (unpaired) electrons. The van der Waals surface area contributed by atoms with Gasteiger partial charge in [0.2, 0.25) is 0 Å². The molecule has 1 aliphatic rings. The number of rotatable bonds is 3. The average molecular weight is 273 g/mol. The number of nitrogens with two attached hydrogens (primary N) is 1. The minimum atomic E-state index is -4.29. The number of piperazine rings is 1. The number of hydrogen-bond donors (Lipinski definition) is 2. The number of anilines is 1. The number of alkyl halides is 3. The second kappa shape index (κ2) is 5.79. The average Bonchev–Trinajstić information content (AvgIpc) is 2.39. The van der Waals surface area contributed by atoms with Crippen molar-refractivity contribution in [2.24, 2.45) is 5.73 Å². The first-order valence-electron chi connectivity index (χ1n) is 6.36. The van der Waals surface area contributed by atoms with Gasteiger partial charge in [0, 0.05) is 31.4 Å². The van der Waals surface area contributed by atoms with Crippen LogP contribution in [0, 0.1) is 0 Å². The van der Waals surface area contributed by atoms with Gasteiger partial charge in [-0.1, -0.05) is 6.07 Å². The third-order valence-electron chi connectivity index (χ3n) is 3.31. The summed E-state index contributed by atoms with van der Waals surface area (Å²) in [6.45, 7) is 2.75. The molecule has 0 bridgehead atoms. The summed E-state index contributed by atoms with van der Waals surface area (Å²) >= 11 is 0. The second-order valence-corrected chi connectivity index (χ2v) is 4.72. The van der Waals surface area contributed by atoms with Crippen LogP contribution in [0.25, 0.3) is 0 Å². The zero-order chi connectivity index (χ0) is 13.9. The van der Waals surface area contributed by atoms with Gasteiger partial charge in [-0.2, -0.15) is 13.2 Å². The lowest BCUT2D eigenvalue weighted by atomic mass is 10.1. The van der Waals surface area contributed by atoms with Crippen molar-refractivity contribution < 1.29 is 13.2 Å². The maximum Gasteiger partial charge on any atom is 0.416 e. The molecule has 106 valence electrons. The molecule has 1 heterocycles. The van der Waals surface area contributed by atoms with Crippen molar-refractivity contribution >= 4 is 5.69 Å². The topological polar surface area (TPSA) is 41.3 Å². The third-order valence-corrected chi connectivity index (χ3v) is 3.31. The van der Waals surface area contributed by atoms with E-state index in [-0.39, 0.29) is 6.04 Å². The Balaban J connectivity index is 2.13. The van der Waals surface area contributed by atoms with E-state index < -0.39 is 11.7 Å². The van der Waals surface area contributed by atoms with Crippen LogP contribution in [0.15, 0.2) is 24.3 Å². The van der Waals surface area contributed by atoms with Crippen molar-refractivity contribution in [2.75, 3.05) is 31.1 Å². The Morgan fingerprint density at radius 2 is 2.16 bits per heavy atom. The van der Waals surface area contributed by atoms with Crippen molar-refractivity contribution in [3.05, 3.63) is 29.8 Å². The SMILES string of the molecule is NCCC1CN(c2cccc(C(F)(F)F)c2)CCN1. The number of nitrogens with zero attached hydrogens (tertiary/aromatic N) is 1. The minimum Gasteiger partial charge on any atom is -0.369 e. The molecule has 2 rings (SSSR count). The molecule has 0 saturated carbocycles. The molecule has 0 aliphatic carbocycles. The van der Waals surface area contributed by atoms with E-state index in [2.05, 4.69) is 5.32 Å². The van der Waals surface area contributed by atoms with Gasteiger partial charge in [0.15, 0.2) is 0 Å². The van der Waals surface area contributed by atoms with E-state index in [1.54, 1.807) is 6.07 Å². The van der Waals surface area contributed by atoms with Gasteiger partial charge in [0.25, 0.3) is 0 Å². The molecule has 19 heavy (non-hydrogen) atoms. The van der Waals surface area contributed by atoms with E-state index in [9.17, 15) is 13.2 Å². The lowest BCUT2D eigenvalue weighted by molar-refractivity contribution is -0.137. The highest BCUT2D eigenvalue weighted by Gasteiger charge is 2.31. The van der Waals surface area contributed by atoms with Gasteiger partial charge < -0.3 is 16.0 Å². The predicted molar refractivity (Wildman–Crippen MR) is 69.1 cm³/mol. The molecule has 1 unspecified atom stereocenters. The standard InChI is InChI=1S/C13H18F3N3/c14-13(15,16)10-2-1-3-12(8-10)19-7-6-18-11(9-19)4-5-17/h1-3,8,11,18H,4-7,9,17H2. The van der Waals surface area contributed by atoms with Crippen LogP contribution in [0.2, 0.25) is 0 Å². The quantitative estimate of drug-likeness (QED) is 0.883. The molecule has 3 N–H and O–H groups in total. The molecular formula is C13H18F3N3. The Hall–Kier alpha value is -1.27. The highest BCUT2D eigenvalue weighted by Crippen LogP contribution is 2.31. The molecule has 1 saturated heterocycles. The first-order valence-corrected chi connectivity index (χ1v) is 6.36. The van der Waals surface area contributed by atoms with E-state index in [4.69, 9.17) is 5.73 Å². The van der Waals surface area contributed by atoms with E-state index >= 15 is 0 Å². The molecule has 3 nitrogen and oxygen atoms in total. The van der Waals surface area contributed by atoms with Gasteiger partial charge in [0.05, 0.1) is 5.56 Å². The molecule has 1 atom stereocenters. The third kappa shape index (κ3) is 3.61. The van der Waals surface area contributed by atoms with Crippen LogP contribution < -0.4 is 16.0 Å². The van der Waals surface area contributed by atoms with Crippen LogP contribution in [-0.4, -0.2) is 32.2 Å². The van der Waals surface area contributed by atoms with Crippen molar-refractivity contribution in [3.63, 3.8) is 0 Å². The van der Waals surface area contributed by atoms with Crippen molar-refractivity contribution in [1.29, 1.82) is 0 Å². The molecule has 1 aromatic carbocycles. The molecule has 6 heteroatoms. The van der Waals surface area contributed by atoms with Gasteiger partial charge in [-0.05, 0) is 31.2 Å². The first kappa shape index (κ1) is 14.1. The van der Waals surface area contributed by atoms with Crippen LogP contribution in [-0.2, 0) is 6.18 Å². The lowest BCUT2D eigenvalue weighted by Gasteiger charge is -2.35. The van der Waals surface area contributed by atoms with Crippen LogP contribution >= 0.6 is 0 Å². The number of benzene rings is 1. The van der Waals surface area contributed by atoms with E-state index in [0.717, 1.165) is 19.0 Å². The van der Waals surface area contributed by atoms with E-state index in [1.165, 1.54) is 12.1 Å². The number of hydrogen-bond acceptors (Lipinski definition) is 3. The summed E-state index contributed by atoms with van der Waals surface area (Å²) < 4.78 is 38.1. The highest BCUT2D eigenvalue weighted by molar-refractivity contribution is 5.49. The summed E-state index contributed by atoms with van der Waals surface area (Å²) in [5.41, 5.74) is 5.54. The van der Waals surface area contributed by atoms with E-state index in [1.807, 2.05) is 4.90 Å². The Morgan fingerprint density at radius 3 is 2.84 bits per heavy atom. The van der Waals surface area contributed by atoms with Gasteiger partial charge in [0.1, 0.15) is 0 Å². The first-order chi connectivity index (χ1) is 9.00. The van der Waals surface area contributed by atoms with E-state index in [0.29, 0.717) is 25.3 Å². The largest absolute Gasteiger partial charge is 0.416 e. The predicted octanol–water partition coefficient (Wildman–Crippen LogP) is 1.83. The zero-order valence-corrected chi connectivity index (χ0v) is 10.6. The summed E-state index contributed by atoms with van der Waals surface area (Å²) in [5.74, 6) is 0. The second-order valence-electron chi connectivity index (χ2n) is 4.72. The minimum absolute atomic E-state index is 0.244. The summed E-state index contributed by atoms with van der Waals surface area (Å²) in [6, 6.07) is 5.74. The lowest BCUT2D eigenvalue weighted by Crippen LogP contribution is -2.51. The van der Waals surface area contributed by atoms with Gasteiger partial charge in [-0.25, -0.2) is 0 Å². The van der Waals surface area contributed by atoms with Crippen LogP contribution in [0.1, 0.15) is 12.0 Å². The van der Waals surface area contributed by atoms with Gasteiger partial charge in [-0.3, -0.25) is 0 Å². The summed E-state index contributed by atoms with van der Waals surface area (Å²) in [5, 5.41) is 3.32. The van der Waals surface area contributed by atoms with Crippen LogP contribution in [0.3, 0.4) is 0 Å². The van der Waals surface area contributed by atoms with Crippen LogP contribution in [0.5, 0.6) is 0 Å². The van der Waals surface area contributed by atoms with Crippen molar-refractivity contribution in [2.45, 2.75) is 18.6 Å². The molecular weight excluding hydrogens is 255 g/mol. The smallest absolute Gasteiger partial charge is 0.369 e. The fraction of sp³-hybridized carbons (Fsp3) is 0.538. The Kier molecular flexibility index (Phi) is 4.31. The monoisotopic (exact) mass is 273 g/mol. The normalized spacial score (nSPS) is 20.6. The molecule has 0 spiro atoms. The summed E-state index contributed by atoms with van der Waals surface area (Å²) in [4.78, 5) is 1.98. The maximum absolute atomic E-state index is 12.7. The number of nitrogens with one attached hydrogen (secondary N) is 1. The zero-order valence-electron chi connectivity index (χ0n) is 10.6. The van der Waals surface area contributed by atoms with Crippen molar-refractivity contribution in [3.8, 4) is 0 Å². The Morgan fingerprint density at radius 1 is 1.37 bits per heavy atom. The Labute approximate surface area is 110 Å². The maximum atomic E-state index is 12.7. The summed E-state index contributed by atoms with van der Waals surface area (Å²) in [7, 11) is 0.